The highest BCUT2D eigenvalue weighted by molar-refractivity contribution is 6.38. The molecule has 0 radical (unpaired) electrons. The molecule has 0 aromatic carbocycles. The van der Waals surface area contributed by atoms with Crippen molar-refractivity contribution in [1.82, 2.24) is 0 Å². The van der Waals surface area contributed by atoms with E-state index >= 15 is 0 Å². The molecular formula is C6H11B2F3O. The molecule has 1 aliphatic rings. The lowest BCUT2D eigenvalue weighted by molar-refractivity contribution is -0.193. The van der Waals surface area contributed by atoms with Crippen molar-refractivity contribution < 1.29 is 18.3 Å². The molecule has 0 bridgehead atoms. The van der Waals surface area contributed by atoms with Crippen LogP contribution >= 0.6 is 0 Å². The van der Waals surface area contributed by atoms with Gasteiger partial charge in [-0.15, -0.1) is 0 Å². The zero-order chi connectivity index (χ0) is 9.62. The third kappa shape index (κ3) is 1.97. The lowest BCUT2D eigenvalue weighted by Crippen LogP contribution is -2.38. The first kappa shape index (κ1) is 9.96. The van der Waals surface area contributed by atoms with E-state index in [4.69, 9.17) is 0 Å². The van der Waals surface area contributed by atoms with E-state index in [1.165, 1.54) is 15.7 Å². The van der Waals surface area contributed by atoms with Crippen LogP contribution in [0.3, 0.4) is 0 Å². The van der Waals surface area contributed by atoms with Gasteiger partial charge in [0, 0.05) is 5.40 Å². The zero-order valence-electron chi connectivity index (χ0n) is 7.20. The van der Waals surface area contributed by atoms with E-state index in [-0.39, 0.29) is 19.3 Å². The van der Waals surface area contributed by atoms with Crippen molar-refractivity contribution in [3.63, 3.8) is 0 Å². The van der Waals surface area contributed by atoms with E-state index in [0.717, 1.165) is 0 Å². The van der Waals surface area contributed by atoms with Gasteiger partial charge in [0.15, 0.2) is 0 Å². The van der Waals surface area contributed by atoms with E-state index in [0.29, 0.717) is 0 Å². The Bertz CT molecular complexity index is 180. The highest BCUT2D eigenvalue weighted by atomic mass is 19.4. The molecule has 0 unspecified atom stereocenters. The Kier molecular flexibility index (Phi) is 2.02. The fourth-order valence-electron chi connectivity index (χ4n) is 1.54. The van der Waals surface area contributed by atoms with Gasteiger partial charge < -0.3 is 5.11 Å². The van der Waals surface area contributed by atoms with Gasteiger partial charge in [-0.1, -0.05) is 0 Å². The van der Waals surface area contributed by atoms with Gasteiger partial charge in [-0.3, -0.25) is 0 Å². The van der Waals surface area contributed by atoms with Crippen molar-refractivity contribution in [1.29, 1.82) is 0 Å². The molecule has 0 aromatic rings. The summed E-state index contributed by atoms with van der Waals surface area (Å²) in [5, 5.41) is 8.04. The van der Waals surface area contributed by atoms with Crippen molar-refractivity contribution >= 4 is 15.7 Å². The lowest BCUT2D eigenvalue weighted by atomic mass is 9.60. The summed E-state index contributed by atoms with van der Waals surface area (Å²) in [5.74, 6) is 0. The summed E-state index contributed by atoms with van der Waals surface area (Å²) >= 11 is 0. The maximum Gasteiger partial charge on any atom is 0.394 e. The Morgan fingerprint density at radius 1 is 1.25 bits per heavy atom. The van der Waals surface area contributed by atoms with Crippen LogP contribution in [0.4, 0.5) is 13.2 Å². The van der Waals surface area contributed by atoms with Crippen molar-refractivity contribution in [3.05, 3.63) is 0 Å². The van der Waals surface area contributed by atoms with E-state index < -0.39 is 17.0 Å². The van der Waals surface area contributed by atoms with Gasteiger partial charge in [-0.2, -0.15) is 13.2 Å². The standard InChI is InChI=1S/C6H11B2F3O/c7-5(8,12)3-4(1-2-4)6(9,10)11/h12H,1-3,7-8H2. The SMILES string of the molecule is BC(B)(O)CC1(C(F)(F)F)CC1. The van der Waals surface area contributed by atoms with Crippen molar-refractivity contribution in [2.24, 2.45) is 5.41 Å². The van der Waals surface area contributed by atoms with Gasteiger partial charge >= 0.3 is 6.18 Å². The number of hydrogen-bond donors (Lipinski definition) is 1. The monoisotopic (exact) mass is 178 g/mol. The molecule has 0 atom stereocenters. The fraction of sp³-hybridized carbons (Fsp3) is 1.00. The van der Waals surface area contributed by atoms with Crippen LogP contribution in [0.2, 0.25) is 0 Å². The molecule has 0 amide bonds. The van der Waals surface area contributed by atoms with E-state index in [1.807, 2.05) is 0 Å². The van der Waals surface area contributed by atoms with Gasteiger partial charge in [0.1, 0.15) is 15.7 Å². The fourth-order valence-corrected chi connectivity index (χ4v) is 1.54. The molecule has 0 aromatic heterocycles. The van der Waals surface area contributed by atoms with Gasteiger partial charge in [-0.05, 0) is 19.3 Å². The second-order valence-corrected chi connectivity index (χ2v) is 4.27. The first-order chi connectivity index (χ1) is 5.16. The van der Waals surface area contributed by atoms with E-state index in [9.17, 15) is 18.3 Å². The second-order valence-electron chi connectivity index (χ2n) is 4.27. The van der Waals surface area contributed by atoms with Gasteiger partial charge in [0.2, 0.25) is 0 Å². The van der Waals surface area contributed by atoms with Crippen molar-refractivity contribution in [2.75, 3.05) is 0 Å². The van der Waals surface area contributed by atoms with Crippen LogP contribution in [-0.2, 0) is 0 Å². The Morgan fingerprint density at radius 3 is 1.75 bits per heavy atom. The highest BCUT2D eigenvalue weighted by Gasteiger charge is 2.63. The number of aliphatic hydroxyl groups is 1. The molecule has 0 saturated heterocycles. The number of rotatable bonds is 2. The third-order valence-electron chi connectivity index (χ3n) is 2.23. The van der Waals surface area contributed by atoms with Crippen LogP contribution in [0.1, 0.15) is 19.3 Å². The zero-order valence-corrected chi connectivity index (χ0v) is 7.20. The van der Waals surface area contributed by atoms with E-state index in [2.05, 4.69) is 0 Å². The summed E-state index contributed by atoms with van der Waals surface area (Å²) in [4.78, 5) is 0. The Balaban J connectivity index is 2.63. The van der Waals surface area contributed by atoms with Crippen molar-refractivity contribution in [3.8, 4) is 0 Å². The molecule has 1 aliphatic carbocycles. The minimum absolute atomic E-state index is 0.167. The van der Waals surface area contributed by atoms with Crippen molar-refractivity contribution in [2.45, 2.75) is 30.8 Å². The van der Waals surface area contributed by atoms with Gasteiger partial charge in [-0.25, -0.2) is 0 Å². The molecule has 1 rings (SSSR count). The molecule has 1 nitrogen and oxygen atoms in total. The first-order valence-electron chi connectivity index (χ1n) is 3.95. The normalized spacial score (nSPS) is 22.3. The number of hydrogen-bond acceptors (Lipinski definition) is 1. The van der Waals surface area contributed by atoms with Crippen LogP contribution < -0.4 is 0 Å². The van der Waals surface area contributed by atoms with E-state index in [1.54, 1.807) is 0 Å². The molecule has 1 fully saturated rings. The van der Waals surface area contributed by atoms with Crippen LogP contribution in [-0.4, -0.2) is 32.4 Å². The quantitative estimate of drug-likeness (QED) is 0.571. The van der Waals surface area contributed by atoms with Gasteiger partial charge in [0.25, 0.3) is 0 Å². The Morgan fingerprint density at radius 2 is 1.67 bits per heavy atom. The summed E-state index contributed by atoms with van der Waals surface area (Å²) in [6, 6.07) is 0. The second kappa shape index (κ2) is 2.44. The predicted molar refractivity (Wildman–Crippen MR) is 44.4 cm³/mol. The lowest BCUT2D eigenvalue weighted by Gasteiger charge is -2.26. The summed E-state index contributed by atoms with van der Waals surface area (Å²) in [7, 11) is 2.83. The predicted octanol–water partition coefficient (Wildman–Crippen LogP) is -0.369. The minimum Gasteiger partial charge on any atom is -0.408 e. The molecule has 12 heavy (non-hydrogen) atoms. The molecule has 1 saturated carbocycles. The first-order valence-corrected chi connectivity index (χ1v) is 3.95. The van der Waals surface area contributed by atoms with Crippen LogP contribution in [0.25, 0.3) is 0 Å². The summed E-state index contributed by atoms with van der Waals surface area (Å²) < 4.78 is 36.9. The largest absolute Gasteiger partial charge is 0.408 e. The number of alkyl halides is 3. The maximum atomic E-state index is 12.3. The Hall–Kier alpha value is -0.120. The highest BCUT2D eigenvalue weighted by Crippen LogP contribution is 2.61. The molecule has 68 valence electrons. The average molecular weight is 178 g/mol. The maximum absolute atomic E-state index is 12.3. The Labute approximate surface area is 71.2 Å². The topological polar surface area (TPSA) is 20.2 Å². The number of halogens is 3. The molecule has 6 heteroatoms. The molecule has 1 N–H and O–H groups in total. The van der Waals surface area contributed by atoms with Gasteiger partial charge in [0.05, 0.1) is 5.41 Å². The summed E-state index contributed by atoms with van der Waals surface area (Å²) in [6.45, 7) is 0. The molecule has 0 heterocycles. The summed E-state index contributed by atoms with van der Waals surface area (Å²) in [6.07, 6.45) is -3.99. The van der Waals surface area contributed by atoms with Crippen LogP contribution in [0.5, 0.6) is 0 Å². The van der Waals surface area contributed by atoms with Crippen LogP contribution in [0, 0.1) is 5.41 Å². The summed E-state index contributed by atoms with van der Waals surface area (Å²) in [5.41, 5.74) is -1.58. The molecular weight excluding hydrogens is 167 g/mol. The molecule has 0 spiro atoms. The average Bonchev–Trinajstić information content (AvgIpc) is 2.39. The van der Waals surface area contributed by atoms with Crippen LogP contribution in [0.15, 0.2) is 0 Å². The molecule has 0 aliphatic heterocycles. The third-order valence-corrected chi connectivity index (χ3v) is 2.23. The smallest absolute Gasteiger partial charge is 0.394 e. The minimum atomic E-state index is -4.15.